The molecule has 0 aliphatic rings. The molecule has 0 amide bonds. The van der Waals surface area contributed by atoms with Gasteiger partial charge >= 0.3 is 0 Å². The SMILES string of the molecule is Cc1c(F)ccc2cc([C@H](C)N)c(SCCO)nc12. The predicted molar refractivity (Wildman–Crippen MR) is 76.9 cm³/mol. The van der Waals surface area contributed by atoms with Crippen LogP contribution in [-0.2, 0) is 0 Å². The number of nitrogens with two attached hydrogens (primary N) is 1. The van der Waals surface area contributed by atoms with Crippen LogP contribution in [0.2, 0.25) is 0 Å². The average Bonchev–Trinajstić information content (AvgIpc) is 2.40. The van der Waals surface area contributed by atoms with Crippen molar-refractivity contribution < 1.29 is 9.50 Å². The van der Waals surface area contributed by atoms with Gasteiger partial charge in [-0.3, -0.25) is 0 Å². The zero-order chi connectivity index (χ0) is 14.0. The Morgan fingerprint density at radius 3 is 2.84 bits per heavy atom. The summed E-state index contributed by atoms with van der Waals surface area (Å²) in [6, 6.07) is 4.98. The van der Waals surface area contributed by atoms with Gasteiger partial charge in [0.15, 0.2) is 0 Å². The van der Waals surface area contributed by atoms with Gasteiger partial charge in [-0.05, 0) is 32.0 Å². The summed E-state index contributed by atoms with van der Waals surface area (Å²) in [6.07, 6.45) is 0. The lowest BCUT2D eigenvalue weighted by molar-refractivity contribution is 0.322. The molecular weight excluding hydrogens is 263 g/mol. The molecule has 1 atom stereocenters. The van der Waals surface area contributed by atoms with Gasteiger partial charge in [-0.25, -0.2) is 9.37 Å². The Morgan fingerprint density at radius 2 is 2.21 bits per heavy atom. The van der Waals surface area contributed by atoms with Gasteiger partial charge in [0.2, 0.25) is 0 Å². The van der Waals surface area contributed by atoms with Crippen molar-refractivity contribution in [2.45, 2.75) is 24.9 Å². The molecule has 102 valence electrons. The molecular formula is C14H17FN2OS. The summed E-state index contributed by atoms with van der Waals surface area (Å²) >= 11 is 1.44. The maximum atomic E-state index is 13.6. The summed E-state index contributed by atoms with van der Waals surface area (Å²) in [5, 5.41) is 10.6. The van der Waals surface area contributed by atoms with Crippen LogP contribution < -0.4 is 5.73 Å². The van der Waals surface area contributed by atoms with Gasteiger partial charge in [0.05, 0.1) is 12.1 Å². The van der Waals surface area contributed by atoms with E-state index in [1.165, 1.54) is 17.8 Å². The zero-order valence-electron chi connectivity index (χ0n) is 11.0. The van der Waals surface area contributed by atoms with Gasteiger partial charge in [-0.2, -0.15) is 0 Å². The van der Waals surface area contributed by atoms with Crippen LogP contribution >= 0.6 is 11.8 Å². The molecule has 0 unspecified atom stereocenters. The first-order valence-corrected chi connectivity index (χ1v) is 7.12. The van der Waals surface area contributed by atoms with E-state index in [1.54, 1.807) is 13.0 Å². The van der Waals surface area contributed by atoms with Crippen molar-refractivity contribution >= 4 is 22.7 Å². The number of nitrogens with zero attached hydrogens (tertiary/aromatic N) is 1. The van der Waals surface area contributed by atoms with Gasteiger partial charge in [0, 0.05) is 28.3 Å². The number of pyridine rings is 1. The minimum Gasteiger partial charge on any atom is -0.396 e. The molecule has 0 aliphatic heterocycles. The van der Waals surface area contributed by atoms with Crippen LogP contribution in [0.3, 0.4) is 0 Å². The van der Waals surface area contributed by atoms with E-state index in [2.05, 4.69) is 4.98 Å². The zero-order valence-corrected chi connectivity index (χ0v) is 11.8. The van der Waals surface area contributed by atoms with Crippen molar-refractivity contribution in [1.29, 1.82) is 0 Å². The highest BCUT2D eigenvalue weighted by Crippen LogP contribution is 2.30. The third-order valence-corrected chi connectivity index (χ3v) is 3.98. The molecule has 3 nitrogen and oxygen atoms in total. The second-order valence-corrected chi connectivity index (χ2v) is 5.57. The van der Waals surface area contributed by atoms with Crippen LogP contribution in [0.1, 0.15) is 24.1 Å². The molecule has 0 fully saturated rings. The molecule has 0 radical (unpaired) electrons. The fraction of sp³-hybridized carbons (Fsp3) is 0.357. The number of aromatic nitrogens is 1. The van der Waals surface area contributed by atoms with E-state index in [0.29, 0.717) is 16.8 Å². The van der Waals surface area contributed by atoms with Gasteiger partial charge < -0.3 is 10.8 Å². The van der Waals surface area contributed by atoms with Crippen molar-refractivity contribution in [2.24, 2.45) is 5.73 Å². The molecule has 1 heterocycles. The van der Waals surface area contributed by atoms with Crippen LogP contribution in [0.5, 0.6) is 0 Å². The standard InChI is InChI=1S/C14H17FN2OS/c1-8-12(15)4-3-10-7-11(9(2)16)14(17-13(8)10)19-6-5-18/h3-4,7,9,18H,5-6,16H2,1-2H3/t9-/m0/s1. The molecule has 19 heavy (non-hydrogen) atoms. The van der Waals surface area contributed by atoms with Crippen molar-refractivity contribution in [3.63, 3.8) is 0 Å². The van der Waals surface area contributed by atoms with Crippen LogP contribution in [-0.4, -0.2) is 22.5 Å². The monoisotopic (exact) mass is 280 g/mol. The predicted octanol–water partition coefficient (Wildman–Crippen LogP) is 2.79. The Bertz CT molecular complexity index is 602. The van der Waals surface area contributed by atoms with Crippen LogP contribution in [0.4, 0.5) is 4.39 Å². The summed E-state index contributed by atoms with van der Waals surface area (Å²) in [4.78, 5) is 4.53. The number of benzene rings is 1. The largest absolute Gasteiger partial charge is 0.396 e. The van der Waals surface area contributed by atoms with Crippen LogP contribution in [0.25, 0.3) is 10.9 Å². The number of aliphatic hydroxyl groups excluding tert-OH is 1. The van der Waals surface area contributed by atoms with E-state index in [0.717, 1.165) is 16.0 Å². The first kappa shape index (κ1) is 14.2. The lowest BCUT2D eigenvalue weighted by atomic mass is 10.1. The van der Waals surface area contributed by atoms with Crippen molar-refractivity contribution in [1.82, 2.24) is 4.98 Å². The number of halogens is 1. The number of aryl methyl sites for hydroxylation is 1. The van der Waals surface area contributed by atoms with Crippen LogP contribution in [0.15, 0.2) is 23.2 Å². The molecule has 2 aromatic rings. The molecule has 0 aliphatic carbocycles. The van der Waals surface area contributed by atoms with Crippen molar-refractivity contribution in [3.8, 4) is 0 Å². The van der Waals surface area contributed by atoms with E-state index >= 15 is 0 Å². The number of rotatable bonds is 4. The third-order valence-electron chi connectivity index (χ3n) is 2.99. The Labute approximate surface area is 116 Å². The first-order chi connectivity index (χ1) is 9.04. The van der Waals surface area contributed by atoms with E-state index in [9.17, 15) is 4.39 Å². The molecule has 0 saturated heterocycles. The fourth-order valence-corrected chi connectivity index (χ4v) is 2.79. The van der Waals surface area contributed by atoms with Crippen molar-refractivity contribution in [3.05, 3.63) is 35.1 Å². The molecule has 1 aromatic heterocycles. The number of thioether (sulfide) groups is 1. The van der Waals surface area contributed by atoms with Gasteiger partial charge in [0.25, 0.3) is 0 Å². The highest BCUT2D eigenvalue weighted by Gasteiger charge is 2.13. The molecule has 0 bridgehead atoms. The maximum Gasteiger partial charge on any atom is 0.128 e. The highest BCUT2D eigenvalue weighted by molar-refractivity contribution is 7.99. The maximum absolute atomic E-state index is 13.6. The molecule has 0 spiro atoms. The highest BCUT2D eigenvalue weighted by atomic mass is 32.2. The Morgan fingerprint density at radius 1 is 1.47 bits per heavy atom. The summed E-state index contributed by atoms with van der Waals surface area (Å²) in [5.41, 5.74) is 8.08. The quantitative estimate of drug-likeness (QED) is 0.846. The topological polar surface area (TPSA) is 59.1 Å². The summed E-state index contributed by atoms with van der Waals surface area (Å²) < 4.78 is 13.6. The number of fused-ring (bicyclic) bond motifs is 1. The lowest BCUT2D eigenvalue weighted by Gasteiger charge is -2.14. The lowest BCUT2D eigenvalue weighted by Crippen LogP contribution is -2.08. The normalized spacial score (nSPS) is 12.9. The molecule has 3 N–H and O–H groups in total. The van der Waals surface area contributed by atoms with Crippen molar-refractivity contribution in [2.75, 3.05) is 12.4 Å². The number of aliphatic hydroxyl groups is 1. The van der Waals surface area contributed by atoms with Gasteiger partial charge in [-0.15, -0.1) is 11.8 Å². The molecule has 1 aromatic carbocycles. The molecule has 5 heteroatoms. The smallest absolute Gasteiger partial charge is 0.128 e. The van der Waals surface area contributed by atoms with Crippen LogP contribution in [0, 0.1) is 12.7 Å². The second-order valence-electron chi connectivity index (χ2n) is 4.49. The number of hydrogen-bond donors (Lipinski definition) is 2. The molecule has 0 saturated carbocycles. The number of hydrogen-bond acceptors (Lipinski definition) is 4. The van der Waals surface area contributed by atoms with E-state index in [-0.39, 0.29) is 18.5 Å². The minimum atomic E-state index is -0.258. The van der Waals surface area contributed by atoms with E-state index in [4.69, 9.17) is 10.8 Å². The van der Waals surface area contributed by atoms with E-state index in [1.807, 2.05) is 13.0 Å². The van der Waals surface area contributed by atoms with Gasteiger partial charge in [0.1, 0.15) is 10.8 Å². The fourth-order valence-electron chi connectivity index (χ4n) is 1.94. The Balaban J connectivity index is 2.62. The van der Waals surface area contributed by atoms with E-state index < -0.39 is 0 Å². The molecule has 2 rings (SSSR count). The summed E-state index contributed by atoms with van der Waals surface area (Å²) in [7, 11) is 0. The second kappa shape index (κ2) is 5.86. The summed E-state index contributed by atoms with van der Waals surface area (Å²) in [6.45, 7) is 3.68. The Kier molecular flexibility index (Phi) is 4.39. The summed E-state index contributed by atoms with van der Waals surface area (Å²) in [5.74, 6) is 0.290. The average molecular weight is 280 g/mol. The van der Waals surface area contributed by atoms with Gasteiger partial charge in [-0.1, -0.05) is 0 Å². The Hall–Kier alpha value is -1.17. The third kappa shape index (κ3) is 2.88. The minimum absolute atomic E-state index is 0.0743. The first-order valence-electron chi connectivity index (χ1n) is 6.13.